The Balaban J connectivity index is 0.988. The molecule has 0 unspecified atom stereocenters. The second kappa shape index (κ2) is 24.5. The molecule has 0 fully saturated rings. The third-order valence-corrected chi connectivity index (χ3v) is 12.1. The van der Waals surface area contributed by atoms with Crippen LogP contribution >= 0.6 is 11.3 Å². The van der Waals surface area contributed by atoms with E-state index in [9.17, 15) is 0 Å². The van der Waals surface area contributed by atoms with Crippen LogP contribution in [0.1, 0.15) is 192 Å². The number of benzene rings is 2. The van der Waals surface area contributed by atoms with Crippen LogP contribution in [0.15, 0.2) is 57.4 Å². The molecule has 0 saturated heterocycles. The lowest BCUT2D eigenvalue weighted by atomic mass is 10.0. The molecule has 290 valence electrons. The van der Waals surface area contributed by atoms with E-state index in [1.807, 2.05) is 0 Å². The number of rotatable bonds is 30. The lowest BCUT2D eigenvalue weighted by molar-refractivity contribution is 0.539. The summed E-state index contributed by atoms with van der Waals surface area (Å²) in [4.78, 5) is 11.6. The first-order chi connectivity index (χ1) is 26.2. The minimum Gasteiger partial charge on any atom is -0.435 e. The van der Waals surface area contributed by atoms with Crippen molar-refractivity contribution in [3.8, 4) is 21.5 Å². The van der Waals surface area contributed by atoms with E-state index in [2.05, 4.69) is 62.4 Å². The number of aromatic nitrogens is 2. The van der Waals surface area contributed by atoms with Crippen LogP contribution in [0.4, 0.5) is 0 Å². The second-order valence-corrected chi connectivity index (χ2v) is 16.9. The summed E-state index contributed by atoms with van der Waals surface area (Å²) in [5, 5.41) is 0. The molecule has 0 aliphatic rings. The van der Waals surface area contributed by atoms with Gasteiger partial charge in [-0.1, -0.05) is 180 Å². The van der Waals surface area contributed by atoms with Gasteiger partial charge in [0.05, 0.1) is 9.75 Å². The van der Waals surface area contributed by atoms with Crippen molar-refractivity contribution in [2.24, 2.45) is 0 Å². The van der Waals surface area contributed by atoms with Crippen molar-refractivity contribution in [1.82, 2.24) is 9.97 Å². The number of hydrogen-bond donors (Lipinski definition) is 0. The molecule has 0 aliphatic carbocycles. The summed E-state index contributed by atoms with van der Waals surface area (Å²) in [5.74, 6) is 1.34. The molecule has 5 heteroatoms. The van der Waals surface area contributed by atoms with E-state index < -0.39 is 0 Å². The van der Waals surface area contributed by atoms with E-state index in [4.69, 9.17) is 18.8 Å². The van der Waals surface area contributed by atoms with Crippen molar-refractivity contribution in [2.45, 2.75) is 194 Å². The number of nitrogens with zero attached hydrogens (tertiary/aromatic N) is 2. The van der Waals surface area contributed by atoms with Crippen molar-refractivity contribution < 1.29 is 8.83 Å². The summed E-state index contributed by atoms with van der Waals surface area (Å²) >= 11 is 1.63. The minimum atomic E-state index is 0.672. The Morgan fingerprint density at radius 1 is 0.396 bits per heavy atom. The Morgan fingerprint density at radius 3 is 1.06 bits per heavy atom. The van der Waals surface area contributed by atoms with Gasteiger partial charge in [-0.3, -0.25) is 0 Å². The molecule has 0 amide bonds. The van der Waals surface area contributed by atoms with Gasteiger partial charge in [0.25, 0.3) is 0 Å². The van der Waals surface area contributed by atoms with Crippen LogP contribution in [0.5, 0.6) is 0 Å². The van der Waals surface area contributed by atoms with Gasteiger partial charge >= 0.3 is 0 Å². The zero-order chi connectivity index (χ0) is 36.8. The van der Waals surface area contributed by atoms with Gasteiger partial charge in [0.15, 0.2) is 11.2 Å². The molecule has 3 heterocycles. The summed E-state index contributed by atoms with van der Waals surface area (Å²) < 4.78 is 12.6. The van der Waals surface area contributed by atoms with Gasteiger partial charge in [-0.25, -0.2) is 9.97 Å². The molecule has 4 nitrogen and oxygen atoms in total. The van der Waals surface area contributed by atoms with Crippen molar-refractivity contribution in [3.63, 3.8) is 0 Å². The maximum Gasteiger partial charge on any atom is 0.237 e. The first kappa shape index (κ1) is 41.2. The monoisotopic (exact) mass is 739 g/mol. The highest BCUT2D eigenvalue weighted by Crippen LogP contribution is 2.36. The molecule has 0 saturated carbocycles. The number of unbranched alkanes of at least 4 members (excludes halogenated alkanes) is 24. The van der Waals surface area contributed by atoms with E-state index in [0.29, 0.717) is 11.8 Å². The molecule has 0 N–H and O–H groups in total. The van der Waals surface area contributed by atoms with Crippen LogP contribution in [0.2, 0.25) is 0 Å². The fraction of sp³-hybridized carbons (Fsp3) is 0.625. The van der Waals surface area contributed by atoms with E-state index in [0.717, 1.165) is 44.8 Å². The fourth-order valence-electron chi connectivity index (χ4n) is 7.72. The summed E-state index contributed by atoms with van der Waals surface area (Å²) in [6, 6.07) is 17.2. The topological polar surface area (TPSA) is 52.1 Å². The summed E-state index contributed by atoms with van der Waals surface area (Å²) in [6.07, 6.45) is 38.2. The largest absolute Gasteiger partial charge is 0.435 e. The molecule has 5 rings (SSSR count). The third-order valence-electron chi connectivity index (χ3n) is 11.1. The molecular weight excluding hydrogens is 669 g/mol. The Kier molecular flexibility index (Phi) is 19.1. The minimum absolute atomic E-state index is 0.672. The van der Waals surface area contributed by atoms with Crippen LogP contribution in [-0.4, -0.2) is 9.97 Å². The predicted molar refractivity (Wildman–Crippen MR) is 229 cm³/mol. The molecule has 0 bridgehead atoms. The SMILES string of the molecule is CCCCCCCCCCCCCCCc1ccc2nc(-c3ccc(-c4nc5ccc(CCCCCCCCCCCCCCC)cc5o4)s3)oc2c1. The van der Waals surface area contributed by atoms with Crippen molar-refractivity contribution in [2.75, 3.05) is 0 Å². The summed E-state index contributed by atoms with van der Waals surface area (Å²) in [7, 11) is 0. The lowest BCUT2D eigenvalue weighted by Gasteiger charge is -2.03. The summed E-state index contributed by atoms with van der Waals surface area (Å²) in [6.45, 7) is 4.59. The quantitative estimate of drug-likeness (QED) is 0.0440. The van der Waals surface area contributed by atoms with E-state index in [1.165, 1.54) is 178 Å². The maximum absolute atomic E-state index is 6.28. The van der Waals surface area contributed by atoms with Gasteiger partial charge in [-0.05, 0) is 73.2 Å². The van der Waals surface area contributed by atoms with E-state index in [-0.39, 0.29) is 0 Å². The van der Waals surface area contributed by atoms with E-state index >= 15 is 0 Å². The van der Waals surface area contributed by atoms with Crippen LogP contribution in [0, 0.1) is 0 Å². The third kappa shape index (κ3) is 14.7. The van der Waals surface area contributed by atoms with Gasteiger partial charge in [0, 0.05) is 0 Å². The predicted octanol–water partition coefficient (Wildman–Crippen LogP) is 16.6. The zero-order valence-corrected chi connectivity index (χ0v) is 34.4. The Bertz CT molecular complexity index is 1570. The molecule has 3 aromatic heterocycles. The second-order valence-electron chi connectivity index (χ2n) is 15.8. The fourth-order valence-corrected chi connectivity index (χ4v) is 8.58. The lowest BCUT2D eigenvalue weighted by Crippen LogP contribution is -1.87. The van der Waals surface area contributed by atoms with Gasteiger partial charge < -0.3 is 8.83 Å². The molecule has 0 aliphatic heterocycles. The molecule has 0 spiro atoms. The van der Waals surface area contributed by atoms with Gasteiger partial charge in [0.2, 0.25) is 11.8 Å². The van der Waals surface area contributed by atoms with Crippen LogP contribution in [0.3, 0.4) is 0 Å². The first-order valence-electron chi connectivity index (χ1n) is 22.1. The van der Waals surface area contributed by atoms with Gasteiger partial charge in [-0.2, -0.15) is 0 Å². The van der Waals surface area contributed by atoms with Crippen molar-refractivity contribution >= 4 is 33.5 Å². The number of aryl methyl sites for hydroxylation is 2. The zero-order valence-electron chi connectivity index (χ0n) is 33.5. The van der Waals surface area contributed by atoms with Crippen molar-refractivity contribution in [3.05, 3.63) is 59.7 Å². The first-order valence-corrected chi connectivity index (χ1v) is 22.9. The number of oxazole rings is 2. The highest BCUT2D eigenvalue weighted by molar-refractivity contribution is 7.18. The number of fused-ring (bicyclic) bond motifs is 2. The number of thiophene rings is 1. The molecular formula is C48H70N2O2S. The molecule has 0 atom stereocenters. The molecule has 53 heavy (non-hydrogen) atoms. The Morgan fingerprint density at radius 2 is 0.717 bits per heavy atom. The van der Waals surface area contributed by atoms with Crippen LogP contribution < -0.4 is 0 Å². The maximum atomic E-state index is 6.28. The smallest absolute Gasteiger partial charge is 0.237 e. The molecule has 0 radical (unpaired) electrons. The normalized spacial score (nSPS) is 11.8. The van der Waals surface area contributed by atoms with Crippen LogP contribution in [-0.2, 0) is 12.8 Å². The average molecular weight is 739 g/mol. The van der Waals surface area contributed by atoms with Gasteiger partial charge in [-0.15, -0.1) is 11.3 Å². The highest BCUT2D eigenvalue weighted by atomic mass is 32.1. The Labute approximate surface area is 326 Å². The molecule has 2 aromatic carbocycles. The highest BCUT2D eigenvalue weighted by Gasteiger charge is 2.16. The summed E-state index contributed by atoms with van der Waals surface area (Å²) in [5.41, 5.74) is 6.27. The van der Waals surface area contributed by atoms with Crippen LogP contribution in [0.25, 0.3) is 43.7 Å². The number of hydrogen-bond acceptors (Lipinski definition) is 5. The molecule has 5 aromatic rings. The Hall–Kier alpha value is -2.92. The average Bonchev–Trinajstić information content (AvgIpc) is 3.94. The standard InChI is InChI=1S/C48H70N2O2S/c1-3-5-7-9-11-13-15-17-19-21-23-25-27-29-39-31-33-41-43(37-39)51-47(49-41)45-35-36-46(53-45)48-50-42-34-32-40(38-44(42)52-48)30-28-26-24-22-20-18-16-14-12-10-8-6-4-2/h31-38H,3-30H2,1-2H3. The van der Waals surface area contributed by atoms with E-state index in [1.54, 1.807) is 11.3 Å². The van der Waals surface area contributed by atoms with Gasteiger partial charge in [0.1, 0.15) is 11.0 Å². The van der Waals surface area contributed by atoms with Crippen molar-refractivity contribution in [1.29, 1.82) is 0 Å².